The first kappa shape index (κ1) is 26.7. The molecule has 2 N–H and O–H groups in total. The molecule has 1 amide bonds. The number of carbonyl (C=O) groups is 1. The van der Waals surface area contributed by atoms with Crippen LogP contribution in [0.4, 0.5) is 5.95 Å². The van der Waals surface area contributed by atoms with Crippen molar-refractivity contribution in [1.29, 1.82) is 0 Å². The van der Waals surface area contributed by atoms with Crippen LogP contribution in [-0.4, -0.2) is 58.9 Å². The van der Waals surface area contributed by atoms with Gasteiger partial charge in [0.1, 0.15) is 12.0 Å². The van der Waals surface area contributed by atoms with Crippen LogP contribution in [-0.2, 0) is 16.1 Å². The number of aliphatic hydroxyl groups excluding tert-OH is 1. The fourth-order valence-corrected chi connectivity index (χ4v) is 4.93. The summed E-state index contributed by atoms with van der Waals surface area (Å²) in [6.45, 7) is 1.02. The Labute approximate surface area is 229 Å². The number of benzene rings is 3. The number of hydrogen-bond acceptors (Lipinski definition) is 6. The second-order valence-electron chi connectivity index (χ2n) is 10.1. The van der Waals surface area contributed by atoms with Crippen molar-refractivity contribution in [2.24, 2.45) is 0 Å². The van der Waals surface area contributed by atoms with E-state index in [2.05, 4.69) is 40.2 Å². The van der Waals surface area contributed by atoms with E-state index in [1.807, 2.05) is 42.5 Å². The van der Waals surface area contributed by atoms with Crippen molar-refractivity contribution < 1.29 is 19.4 Å². The number of ether oxygens (including phenoxy) is 2. The number of fused-ring (bicyclic) bond motifs is 1. The van der Waals surface area contributed by atoms with E-state index in [4.69, 9.17) is 14.5 Å². The molecular weight excluding hydrogens is 492 g/mol. The highest BCUT2D eigenvalue weighted by atomic mass is 16.5. The summed E-state index contributed by atoms with van der Waals surface area (Å²) in [5, 5.41) is 13.1. The molecule has 2 atom stereocenters. The van der Waals surface area contributed by atoms with Crippen molar-refractivity contribution in [2.45, 2.75) is 44.6 Å². The fraction of sp³-hybridized carbons (Fsp3) is 0.355. The van der Waals surface area contributed by atoms with E-state index < -0.39 is 0 Å². The molecule has 0 unspecified atom stereocenters. The summed E-state index contributed by atoms with van der Waals surface area (Å²) in [4.78, 5) is 18.4. The van der Waals surface area contributed by atoms with E-state index in [1.165, 1.54) is 0 Å². The van der Waals surface area contributed by atoms with Crippen LogP contribution in [0.25, 0.3) is 22.2 Å². The number of nitrogens with zero attached hydrogens (tertiary/aromatic N) is 3. The Morgan fingerprint density at radius 2 is 1.90 bits per heavy atom. The lowest BCUT2D eigenvalue weighted by Gasteiger charge is -2.19. The van der Waals surface area contributed by atoms with Crippen LogP contribution >= 0.6 is 0 Å². The summed E-state index contributed by atoms with van der Waals surface area (Å²) in [7, 11) is 3.54. The summed E-state index contributed by atoms with van der Waals surface area (Å²) in [6.07, 6.45) is 2.40. The number of aromatic nitrogens is 2. The van der Waals surface area contributed by atoms with Crippen LogP contribution in [0.5, 0.6) is 5.75 Å². The minimum Gasteiger partial charge on any atom is -0.493 e. The van der Waals surface area contributed by atoms with Gasteiger partial charge in [0.2, 0.25) is 11.9 Å². The monoisotopic (exact) mass is 528 g/mol. The van der Waals surface area contributed by atoms with Crippen LogP contribution in [0.2, 0.25) is 0 Å². The highest BCUT2D eigenvalue weighted by Crippen LogP contribution is 2.35. The third-order valence-electron chi connectivity index (χ3n) is 7.05. The third-order valence-corrected chi connectivity index (χ3v) is 7.05. The molecule has 0 bridgehead atoms. The number of imidazole rings is 1. The smallest absolute Gasteiger partial charge is 0.222 e. The number of nitrogens with one attached hydrogen (secondary N) is 1. The Morgan fingerprint density at radius 3 is 2.67 bits per heavy atom. The summed E-state index contributed by atoms with van der Waals surface area (Å²) in [5.74, 6) is 1.62. The van der Waals surface area contributed by atoms with Crippen molar-refractivity contribution in [3.05, 3.63) is 78.4 Å². The van der Waals surface area contributed by atoms with Gasteiger partial charge in [-0.15, -0.1) is 0 Å². The molecule has 1 fully saturated rings. The van der Waals surface area contributed by atoms with Gasteiger partial charge in [-0.05, 0) is 48.6 Å². The SMILES string of the molecule is CN(C)C(=O)CCCOc1cc(CNc2nc3ccccc3n2[C@H]2CC[C@@H](CO)O2)ccc1-c1ccccc1. The van der Waals surface area contributed by atoms with E-state index in [9.17, 15) is 9.90 Å². The van der Waals surface area contributed by atoms with Crippen molar-refractivity contribution >= 4 is 22.9 Å². The van der Waals surface area contributed by atoms with Gasteiger partial charge in [-0.2, -0.15) is 0 Å². The van der Waals surface area contributed by atoms with Gasteiger partial charge in [-0.1, -0.05) is 54.6 Å². The lowest BCUT2D eigenvalue weighted by atomic mass is 10.0. The third kappa shape index (κ3) is 6.24. The second-order valence-corrected chi connectivity index (χ2v) is 10.1. The molecule has 5 rings (SSSR count). The van der Waals surface area contributed by atoms with E-state index in [0.717, 1.165) is 52.3 Å². The Kier molecular flexibility index (Phi) is 8.44. The van der Waals surface area contributed by atoms with Crippen LogP contribution < -0.4 is 10.1 Å². The molecule has 0 saturated carbocycles. The highest BCUT2D eigenvalue weighted by Gasteiger charge is 2.29. The average molecular weight is 529 g/mol. The summed E-state index contributed by atoms with van der Waals surface area (Å²) in [6, 6.07) is 24.4. The fourth-order valence-electron chi connectivity index (χ4n) is 4.93. The average Bonchev–Trinajstić information content (AvgIpc) is 3.58. The van der Waals surface area contributed by atoms with E-state index in [1.54, 1.807) is 19.0 Å². The summed E-state index contributed by atoms with van der Waals surface area (Å²) >= 11 is 0. The largest absolute Gasteiger partial charge is 0.493 e. The molecule has 0 spiro atoms. The maximum Gasteiger partial charge on any atom is 0.222 e. The molecule has 8 nitrogen and oxygen atoms in total. The van der Waals surface area contributed by atoms with E-state index in [0.29, 0.717) is 26.0 Å². The molecule has 39 heavy (non-hydrogen) atoms. The summed E-state index contributed by atoms with van der Waals surface area (Å²) < 4.78 is 14.4. The van der Waals surface area contributed by atoms with Crippen molar-refractivity contribution in [3.8, 4) is 16.9 Å². The molecular formula is C31H36N4O4. The van der Waals surface area contributed by atoms with Crippen molar-refractivity contribution in [3.63, 3.8) is 0 Å². The van der Waals surface area contributed by atoms with Gasteiger partial charge in [0, 0.05) is 32.6 Å². The topological polar surface area (TPSA) is 88.9 Å². The van der Waals surface area contributed by atoms with Gasteiger partial charge >= 0.3 is 0 Å². The highest BCUT2D eigenvalue weighted by molar-refractivity contribution is 5.79. The predicted molar refractivity (Wildman–Crippen MR) is 153 cm³/mol. The van der Waals surface area contributed by atoms with Gasteiger partial charge < -0.3 is 24.8 Å². The second kappa shape index (κ2) is 12.3. The minimum atomic E-state index is -0.179. The van der Waals surface area contributed by atoms with Crippen LogP contribution in [0.3, 0.4) is 0 Å². The zero-order valence-electron chi connectivity index (χ0n) is 22.5. The van der Waals surface area contributed by atoms with E-state index >= 15 is 0 Å². The maximum atomic E-state index is 12.0. The van der Waals surface area contributed by atoms with Gasteiger partial charge in [-0.25, -0.2) is 4.98 Å². The quantitative estimate of drug-likeness (QED) is 0.259. The first-order valence-corrected chi connectivity index (χ1v) is 13.5. The Bertz CT molecular complexity index is 1400. The first-order valence-electron chi connectivity index (χ1n) is 13.5. The Balaban J connectivity index is 1.36. The maximum absolute atomic E-state index is 12.0. The number of carbonyl (C=O) groups excluding carboxylic acids is 1. The van der Waals surface area contributed by atoms with E-state index in [-0.39, 0.29) is 24.8 Å². The molecule has 1 aliphatic rings. The van der Waals surface area contributed by atoms with Crippen LogP contribution in [0.1, 0.15) is 37.5 Å². The molecule has 1 saturated heterocycles. The lowest BCUT2D eigenvalue weighted by Crippen LogP contribution is -2.21. The number of aliphatic hydroxyl groups is 1. The number of anilines is 1. The zero-order valence-corrected chi connectivity index (χ0v) is 22.5. The van der Waals surface area contributed by atoms with Gasteiger partial charge in [0.05, 0.1) is 30.4 Å². The summed E-state index contributed by atoms with van der Waals surface area (Å²) in [5.41, 5.74) is 5.04. The number of rotatable bonds is 11. The van der Waals surface area contributed by atoms with Gasteiger partial charge in [-0.3, -0.25) is 9.36 Å². The lowest BCUT2D eigenvalue weighted by molar-refractivity contribution is -0.128. The number of hydrogen-bond donors (Lipinski definition) is 2. The van der Waals surface area contributed by atoms with Crippen LogP contribution in [0.15, 0.2) is 72.8 Å². The number of amides is 1. The minimum absolute atomic E-state index is 0.0196. The molecule has 1 aliphatic heterocycles. The molecule has 0 aliphatic carbocycles. The molecule has 3 aromatic carbocycles. The van der Waals surface area contributed by atoms with Gasteiger partial charge in [0.15, 0.2) is 0 Å². The number of para-hydroxylation sites is 2. The predicted octanol–water partition coefficient (Wildman–Crippen LogP) is 5.23. The molecule has 4 aromatic rings. The first-order chi connectivity index (χ1) is 19.0. The Morgan fingerprint density at radius 1 is 1.10 bits per heavy atom. The molecule has 2 heterocycles. The molecule has 0 radical (unpaired) electrons. The van der Waals surface area contributed by atoms with Gasteiger partial charge in [0.25, 0.3) is 0 Å². The molecule has 204 valence electrons. The Hall–Kier alpha value is -3.88. The molecule has 8 heteroatoms. The van der Waals surface area contributed by atoms with Crippen molar-refractivity contribution in [1.82, 2.24) is 14.5 Å². The normalized spacial score (nSPS) is 16.9. The molecule has 1 aromatic heterocycles. The van der Waals surface area contributed by atoms with Crippen LogP contribution in [0, 0.1) is 0 Å². The standard InChI is InChI=1S/C31H36N4O4/c1-34(2)29(37)13-8-18-38-28-19-22(14-16-25(28)23-9-4-3-5-10-23)20-32-31-33-26-11-6-7-12-27(26)35(31)30-17-15-24(21-36)39-30/h3-7,9-12,14,16,19,24,30,36H,8,13,15,17-18,20-21H2,1-2H3,(H,32,33)/t24-,30+/m0/s1. The zero-order chi connectivity index (χ0) is 27.2. The van der Waals surface area contributed by atoms with Crippen molar-refractivity contribution in [2.75, 3.05) is 32.6 Å².